The van der Waals surface area contributed by atoms with E-state index in [0.717, 1.165) is 15.7 Å². The normalized spacial score (nSPS) is 30.0. The van der Waals surface area contributed by atoms with Gasteiger partial charge in [0.15, 0.2) is 0 Å². The van der Waals surface area contributed by atoms with E-state index in [2.05, 4.69) is 15.9 Å². The van der Waals surface area contributed by atoms with E-state index >= 15 is 0 Å². The molecule has 0 saturated carbocycles. The topological polar surface area (TPSA) is 55.8 Å². The highest BCUT2D eigenvalue weighted by atomic mass is 79.9. The number of para-hydroxylation sites is 1. The van der Waals surface area contributed by atoms with Crippen LogP contribution in [-0.4, -0.2) is 30.1 Å². The van der Waals surface area contributed by atoms with Crippen molar-refractivity contribution in [1.29, 1.82) is 0 Å². The summed E-state index contributed by atoms with van der Waals surface area (Å²) in [5.41, 5.74) is 0.943. The molecule has 1 spiro atoms. The standard InChI is InChI=1S/C22H18BrNO4/c23-15-8-4-5-9-16(15)24-13-22-11-10-17(28-22)18(19(22)20(24)25)21(26)27-12-14-6-2-1-3-7-14/h1-11,17-19H,12-13H2. The summed E-state index contributed by atoms with van der Waals surface area (Å²) in [6, 6.07) is 17.1. The second-order valence-electron chi connectivity index (χ2n) is 7.37. The van der Waals surface area contributed by atoms with Crippen LogP contribution in [0.1, 0.15) is 5.56 Å². The molecule has 5 rings (SSSR count). The summed E-state index contributed by atoms with van der Waals surface area (Å²) in [4.78, 5) is 27.9. The van der Waals surface area contributed by atoms with Gasteiger partial charge in [-0.15, -0.1) is 0 Å². The Hall–Kier alpha value is -2.44. The van der Waals surface area contributed by atoms with Crippen LogP contribution >= 0.6 is 15.9 Å². The molecule has 2 fully saturated rings. The summed E-state index contributed by atoms with van der Waals surface area (Å²) in [5.74, 6) is -1.65. The van der Waals surface area contributed by atoms with Gasteiger partial charge in [0.2, 0.25) is 5.91 Å². The zero-order valence-electron chi connectivity index (χ0n) is 15.0. The Morgan fingerprint density at radius 1 is 1.18 bits per heavy atom. The predicted molar refractivity (Wildman–Crippen MR) is 106 cm³/mol. The number of hydrogen-bond acceptors (Lipinski definition) is 4. The molecule has 3 aliphatic heterocycles. The van der Waals surface area contributed by atoms with Crippen LogP contribution in [0.25, 0.3) is 0 Å². The lowest BCUT2D eigenvalue weighted by atomic mass is 9.77. The maximum atomic E-state index is 13.3. The fourth-order valence-electron chi connectivity index (χ4n) is 4.47. The van der Waals surface area contributed by atoms with Crippen molar-refractivity contribution < 1.29 is 19.1 Å². The quantitative estimate of drug-likeness (QED) is 0.540. The predicted octanol–water partition coefficient (Wildman–Crippen LogP) is 3.48. The van der Waals surface area contributed by atoms with Gasteiger partial charge in [-0.2, -0.15) is 0 Å². The van der Waals surface area contributed by atoms with Gasteiger partial charge in [0.1, 0.15) is 18.1 Å². The lowest BCUT2D eigenvalue weighted by molar-refractivity contribution is -0.153. The van der Waals surface area contributed by atoms with Crippen molar-refractivity contribution in [3.8, 4) is 0 Å². The van der Waals surface area contributed by atoms with Crippen molar-refractivity contribution in [2.45, 2.75) is 18.3 Å². The Morgan fingerprint density at radius 3 is 2.71 bits per heavy atom. The minimum atomic E-state index is -0.756. The van der Waals surface area contributed by atoms with Crippen LogP contribution in [0.2, 0.25) is 0 Å². The number of ether oxygens (including phenoxy) is 2. The van der Waals surface area contributed by atoms with E-state index in [9.17, 15) is 9.59 Å². The number of rotatable bonds is 4. The molecule has 0 aliphatic carbocycles. The highest BCUT2D eigenvalue weighted by molar-refractivity contribution is 9.10. The molecule has 0 radical (unpaired) electrons. The molecule has 3 aliphatic rings. The first-order valence-corrected chi connectivity index (χ1v) is 10.0. The molecule has 4 atom stereocenters. The first kappa shape index (κ1) is 17.6. The molecule has 0 aromatic heterocycles. The maximum Gasteiger partial charge on any atom is 0.313 e. The summed E-state index contributed by atoms with van der Waals surface area (Å²) >= 11 is 3.51. The van der Waals surface area contributed by atoms with Crippen molar-refractivity contribution in [3.63, 3.8) is 0 Å². The van der Waals surface area contributed by atoms with Gasteiger partial charge >= 0.3 is 5.97 Å². The van der Waals surface area contributed by atoms with E-state index < -0.39 is 23.5 Å². The van der Waals surface area contributed by atoms with E-state index in [1.54, 1.807) is 4.90 Å². The summed E-state index contributed by atoms with van der Waals surface area (Å²) in [6.07, 6.45) is 3.43. The number of hydrogen-bond donors (Lipinski definition) is 0. The number of nitrogens with zero attached hydrogens (tertiary/aromatic N) is 1. The first-order valence-electron chi connectivity index (χ1n) is 9.23. The second kappa shape index (κ2) is 6.57. The Bertz CT molecular complexity index is 976. The van der Waals surface area contributed by atoms with Crippen LogP contribution < -0.4 is 4.90 Å². The lowest BCUT2D eigenvalue weighted by Crippen LogP contribution is -2.40. The molecule has 142 valence electrons. The smallest absolute Gasteiger partial charge is 0.313 e. The zero-order valence-corrected chi connectivity index (χ0v) is 16.5. The Morgan fingerprint density at radius 2 is 1.93 bits per heavy atom. The van der Waals surface area contributed by atoms with Crippen LogP contribution in [0.5, 0.6) is 0 Å². The van der Waals surface area contributed by atoms with Gasteiger partial charge in [-0.3, -0.25) is 9.59 Å². The number of halogens is 1. The lowest BCUT2D eigenvalue weighted by Gasteiger charge is -2.22. The molecule has 2 bridgehead atoms. The monoisotopic (exact) mass is 439 g/mol. The molecule has 2 aromatic rings. The Labute approximate surface area is 171 Å². The number of esters is 1. The Kier molecular flexibility index (Phi) is 4.14. The van der Waals surface area contributed by atoms with Gasteiger partial charge in [-0.05, 0) is 33.6 Å². The van der Waals surface area contributed by atoms with Crippen molar-refractivity contribution in [2.24, 2.45) is 11.8 Å². The molecule has 4 unspecified atom stereocenters. The maximum absolute atomic E-state index is 13.3. The van der Waals surface area contributed by atoms with E-state index in [0.29, 0.717) is 6.54 Å². The third-order valence-corrected chi connectivity index (χ3v) is 6.41. The summed E-state index contributed by atoms with van der Waals surface area (Å²) in [7, 11) is 0. The third kappa shape index (κ3) is 2.63. The molecular weight excluding hydrogens is 422 g/mol. The van der Waals surface area contributed by atoms with Gasteiger partial charge in [-0.1, -0.05) is 54.6 Å². The summed E-state index contributed by atoms with van der Waals surface area (Å²) < 4.78 is 12.5. The molecule has 6 heteroatoms. The summed E-state index contributed by atoms with van der Waals surface area (Å²) in [5, 5.41) is 0. The number of anilines is 1. The number of benzene rings is 2. The van der Waals surface area contributed by atoms with Gasteiger partial charge in [-0.25, -0.2) is 0 Å². The van der Waals surface area contributed by atoms with Crippen LogP contribution in [0.3, 0.4) is 0 Å². The van der Waals surface area contributed by atoms with Crippen LogP contribution in [0, 0.1) is 11.8 Å². The third-order valence-electron chi connectivity index (χ3n) is 5.74. The molecule has 1 amide bonds. The van der Waals surface area contributed by atoms with Crippen molar-refractivity contribution in [1.82, 2.24) is 0 Å². The number of carbonyl (C=O) groups is 2. The van der Waals surface area contributed by atoms with E-state index in [1.165, 1.54) is 0 Å². The van der Waals surface area contributed by atoms with Crippen molar-refractivity contribution in [2.75, 3.05) is 11.4 Å². The zero-order chi connectivity index (χ0) is 19.3. The van der Waals surface area contributed by atoms with E-state index in [1.807, 2.05) is 66.7 Å². The number of fused-ring (bicyclic) bond motifs is 1. The van der Waals surface area contributed by atoms with Crippen LogP contribution in [-0.2, 0) is 25.7 Å². The minimum Gasteiger partial charge on any atom is -0.460 e. The van der Waals surface area contributed by atoms with E-state index in [4.69, 9.17) is 9.47 Å². The van der Waals surface area contributed by atoms with Crippen LogP contribution in [0.4, 0.5) is 5.69 Å². The van der Waals surface area contributed by atoms with Gasteiger partial charge < -0.3 is 14.4 Å². The average molecular weight is 440 g/mol. The molecule has 28 heavy (non-hydrogen) atoms. The SMILES string of the molecule is O=C(OCc1ccccc1)C1C2C=CC3(CN(c4ccccc4Br)C(=O)C13)O2. The van der Waals surface area contributed by atoms with Crippen LogP contribution in [0.15, 0.2) is 71.2 Å². The Balaban J connectivity index is 1.40. The van der Waals surface area contributed by atoms with Crippen molar-refractivity contribution in [3.05, 3.63) is 76.8 Å². The van der Waals surface area contributed by atoms with Gasteiger partial charge in [0.25, 0.3) is 0 Å². The molecule has 5 nitrogen and oxygen atoms in total. The fourth-order valence-corrected chi connectivity index (χ4v) is 4.97. The highest BCUT2D eigenvalue weighted by Crippen LogP contribution is 2.53. The largest absolute Gasteiger partial charge is 0.460 e. The highest BCUT2D eigenvalue weighted by Gasteiger charge is 2.67. The summed E-state index contributed by atoms with van der Waals surface area (Å²) in [6.45, 7) is 0.586. The van der Waals surface area contributed by atoms with Crippen molar-refractivity contribution >= 4 is 33.5 Å². The number of carbonyl (C=O) groups excluding carboxylic acids is 2. The van der Waals surface area contributed by atoms with E-state index in [-0.39, 0.29) is 18.5 Å². The first-order chi connectivity index (χ1) is 13.6. The molecular formula is C22H18BrNO4. The molecule has 3 heterocycles. The molecule has 2 saturated heterocycles. The number of amides is 1. The van der Waals surface area contributed by atoms with Gasteiger partial charge in [0, 0.05) is 4.47 Å². The van der Waals surface area contributed by atoms with Gasteiger partial charge in [0.05, 0.1) is 24.3 Å². The molecule has 2 aromatic carbocycles. The second-order valence-corrected chi connectivity index (χ2v) is 8.22. The average Bonchev–Trinajstić information content (AvgIpc) is 3.36. The minimum absolute atomic E-state index is 0.0968. The molecule has 0 N–H and O–H groups in total. The fraction of sp³-hybridized carbons (Fsp3) is 0.273.